The fourth-order valence-corrected chi connectivity index (χ4v) is 4.00. The summed E-state index contributed by atoms with van der Waals surface area (Å²) in [6, 6.07) is 6.02. The minimum absolute atomic E-state index is 0.195. The van der Waals surface area contributed by atoms with Crippen molar-refractivity contribution in [3.05, 3.63) is 47.8 Å². The van der Waals surface area contributed by atoms with E-state index in [0.717, 1.165) is 31.2 Å². The normalized spacial score (nSPS) is 14.2. The minimum Gasteiger partial charge on any atom is -0.465 e. The fraction of sp³-hybridized carbons (Fsp3) is 0.607. The molecule has 21 heteroatoms. The quantitative estimate of drug-likeness (QED) is 0.0920. The maximum atomic E-state index is 14.0. The molecule has 0 bridgehead atoms. The maximum Gasteiger partial charge on any atom is 0.460 e. The predicted molar refractivity (Wildman–Crippen MR) is 135 cm³/mol. The third-order valence-electron chi connectivity index (χ3n) is 7.07. The van der Waals surface area contributed by atoms with E-state index in [2.05, 4.69) is 14.7 Å². The first-order valence-electron chi connectivity index (χ1n) is 13.9. The molecule has 0 saturated carbocycles. The van der Waals surface area contributed by atoms with E-state index in [1.54, 1.807) is 12.4 Å². The lowest BCUT2D eigenvalue weighted by Gasteiger charge is -2.42. The number of nitrogens with zero attached hydrogens (tertiary/aromatic N) is 2. The average molecular weight is 744 g/mol. The molecule has 0 unspecified atom stereocenters. The van der Waals surface area contributed by atoms with Crippen molar-refractivity contribution < 1.29 is 84.2 Å². The number of carbonyl (C=O) groups is 1. The zero-order valence-electron chi connectivity index (χ0n) is 24.8. The van der Waals surface area contributed by atoms with Crippen LogP contribution in [0.2, 0.25) is 0 Å². The van der Waals surface area contributed by atoms with Crippen LogP contribution in [0, 0.1) is 0 Å². The van der Waals surface area contributed by atoms with Gasteiger partial charge in [-0.25, -0.2) is 9.97 Å². The molecule has 0 fully saturated rings. The average Bonchev–Trinajstić information content (AvgIpc) is 2.99. The van der Waals surface area contributed by atoms with Crippen LogP contribution in [-0.2, 0) is 22.4 Å². The molecule has 0 aliphatic rings. The van der Waals surface area contributed by atoms with Crippen molar-refractivity contribution in [3.63, 3.8) is 0 Å². The van der Waals surface area contributed by atoms with Crippen LogP contribution in [0.1, 0.15) is 50.2 Å². The van der Waals surface area contributed by atoms with Crippen molar-refractivity contribution >= 4 is 5.97 Å². The van der Waals surface area contributed by atoms with Gasteiger partial charge in [-0.1, -0.05) is 44.0 Å². The molecule has 0 saturated heterocycles. The van der Waals surface area contributed by atoms with Gasteiger partial charge in [-0.2, -0.15) is 74.6 Å². The van der Waals surface area contributed by atoms with E-state index in [-0.39, 0.29) is 6.42 Å². The van der Waals surface area contributed by atoms with E-state index in [1.165, 1.54) is 24.3 Å². The van der Waals surface area contributed by atoms with Gasteiger partial charge in [-0.3, -0.25) is 4.79 Å². The molecule has 4 nitrogen and oxygen atoms in total. The highest BCUT2D eigenvalue weighted by molar-refractivity contribution is 5.69. The Morgan fingerprint density at radius 3 is 1.55 bits per heavy atom. The Morgan fingerprint density at radius 2 is 1.08 bits per heavy atom. The molecule has 49 heavy (non-hydrogen) atoms. The first kappa shape index (κ1) is 41.7. The molecule has 1 aromatic carbocycles. The van der Waals surface area contributed by atoms with Crippen molar-refractivity contribution in [1.82, 2.24) is 9.97 Å². The Bertz CT molecular complexity index is 1390. The third-order valence-corrected chi connectivity index (χ3v) is 7.07. The number of unbranched alkanes of at least 4 members (excludes halogenated alkanes) is 2. The summed E-state index contributed by atoms with van der Waals surface area (Å²) in [5, 5.41) is 0. The Hall–Kier alpha value is -3.42. The number of aromatic nitrogens is 2. The van der Waals surface area contributed by atoms with E-state index in [0.29, 0.717) is 17.0 Å². The van der Waals surface area contributed by atoms with Gasteiger partial charge in [0.25, 0.3) is 0 Å². The predicted octanol–water partition coefficient (Wildman–Crippen LogP) is 9.75. The molecule has 0 amide bonds. The molecule has 2 aromatic rings. The standard InChI is InChI=1S/C28H25F17N2O2/c1-2-3-4-5-17-14-46-20(47-15-17)18-9-6-16(7-10-18)8-11-19(48)49-13-12-21(29,30)22(31,32)23(33,34)24(35,36)25(37,38)26(39,40)27(41,42)28(43,44)45/h6-7,9-10,14-15H,2-5,8,11-13H2,1H3. The topological polar surface area (TPSA) is 52.1 Å². The molecule has 1 heterocycles. The van der Waals surface area contributed by atoms with Crippen molar-refractivity contribution in [2.45, 2.75) is 99.5 Å². The fourth-order valence-electron chi connectivity index (χ4n) is 4.00. The summed E-state index contributed by atoms with van der Waals surface area (Å²) in [4.78, 5) is 20.3. The van der Waals surface area contributed by atoms with Crippen molar-refractivity contribution in [1.29, 1.82) is 0 Å². The summed E-state index contributed by atoms with van der Waals surface area (Å²) in [5.74, 6) is -58.1. The van der Waals surface area contributed by atoms with E-state index < -0.39 is 73.1 Å². The van der Waals surface area contributed by atoms with Crippen LogP contribution in [0.25, 0.3) is 11.4 Å². The van der Waals surface area contributed by atoms with Crippen LogP contribution in [0.15, 0.2) is 36.7 Å². The molecule has 0 aliphatic carbocycles. The zero-order valence-corrected chi connectivity index (χ0v) is 24.8. The number of hydrogen-bond acceptors (Lipinski definition) is 4. The molecule has 0 aliphatic heterocycles. The van der Waals surface area contributed by atoms with Crippen LogP contribution in [0.5, 0.6) is 0 Å². The van der Waals surface area contributed by atoms with Gasteiger partial charge in [0.15, 0.2) is 5.82 Å². The summed E-state index contributed by atoms with van der Waals surface area (Å²) in [7, 11) is 0. The second-order valence-corrected chi connectivity index (χ2v) is 10.7. The van der Waals surface area contributed by atoms with Crippen molar-refractivity contribution in [3.8, 4) is 11.4 Å². The number of aryl methyl sites for hydroxylation is 2. The number of rotatable bonds is 17. The van der Waals surface area contributed by atoms with Crippen LogP contribution in [-0.4, -0.2) is 70.2 Å². The number of carbonyl (C=O) groups excluding carboxylic acids is 1. The lowest BCUT2D eigenvalue weighted by molar-refractivity contribution is -0.461. The minimum atomic E-state index is -8.70. The largest absolute Gasteiger partial charge is 0.465 e. The van der Waals surface area contributed by atoms with Gasteiger partial charge in [0, 0.05) is 24.4 Å². The number of esters is 1. The Morgan fingerprint density at radius 1 is 0.612 bits per heavy atom. The molecule has 2 rings (SSSR count). The van der Waals surface area contributed by atoms with Crippen LogP contribution < -0.4 is 0 Å². The molecule has 0 radical (unpaired) electrons. The maximum absolute atomic E-state index is 14.0. The third kappa shape index (κ3) is 7.99. The molecule has 0 N–H and O–H groups in total. The monoisotopic (exact) mass is 744 g/mol. The SMILES string of the molecule is CCCCCc1cnc(-c2ccc(CCC(=O)OCCC(F)(F)C(F)(F)C(F)(F)C(F)(F)C(F)(F)C(F)(F)C(F)(F)C(F)(F)F)cc2)nc1. The Labute approximate surface area is 266 Å². The molecule has 0 spiro atoms. The van der Waals surface area contributed by atoms with Crippen LogP contribution in [0.3, 0.4) is 0 Å². The van der Waals surface area contributed by atoms with Gasteiger partial charge in [0.05, 0.1) is 13.0 Å². The van der Waals surface area contributed by atoms with E-state index in [9.17, 15) is 79.4 Å². The van der Waals surface area contributed by atoms with Gasteiger partial charge in [0.2, 0.25) is 0 Å². The first-order valence-corrected chi connectivity index (χ1v) is 13.9. The lowest BCUT2D eigenvalue weighted by Crippen LogP contribution is -2.74. The number of ether oxygens (including phenoxy) is 1. The van der Waals surface area contributed by atoms with Gasteiger partial charge in [-0.05, 0) is 30.4 Å². The second-order valence-electron chi connectivity index (χ2n) is 10.7. The highest BCUT2D eigenvalue weighted by Crippen LogP contribution is 2.64. The van der Waals surface area contributed by atoms with E-state index in [4.69, 9.17) is 0 Å². The smallest absolute Gasteiger partial charge is 0.460 e. The first-order chi connectivity index (χ1) is 22.1. The molecular formula is C28H25F17N2O2. The van der Waals surface area contributed by atoms with Gasteiger partial charge in [0.1, 0.15) is 0 Å². The number of alkyl halides is 17. The molecule has 278 valence electrons. The van der Waals surface area contributed by atoms with E-state index in [1.807, 2.05) is 6.92 Å². The van der Waals surface area contributed by atoms with Crippen molar-refractivity contribution in [2.75, 3.05) is 6.61 Å². The van der Waals surface area contributed by atoms with Gasteiger partial charge >= 0.3 is 53.6 Å². The highest BCUT2D eigenvalue weighted by atomic mass is 19.4. The highest BCUT2D eigenvalue weighted by Gasteiger charge is 2.95. The van der Waals surface area contributed by atoms with Crippen molar-refractivity contribution in [2.24, 2.45) is 0 Å². The van der Waals surface area contributed by atoms with Crippen LogP contribution in [0.4, 0.5) is 74.6 Å². The summed E-state index contributed by atoms with van der Waals surface area (Å²) >= 11 is 0. The Balaban J connectivity index is 2.04. The lowest BCUT2D eigenvalue weighted by atomic mass is 9.88. The molecule has 0 atom stereocenters. The number of hydrogen-bond donors (Lipinski definition) is 0. The van der Waals surface area contributed by atoms with E-state index >= 15 is 0 Å². The van der Waals surface area contributed by atoms with Crippen LogP contribution >= 0.6 is 0 Å². The molecular weight excluding hydrogens is 719 g/mol. The summed E-state index contributed by atoms with van der Waals surface area (Å²) in [6.07, 6.45) is -4.46. The summed E-state index contributed by atoms with van der Waals surface area (Å²) in [5.41, 5.74) is 1.87. The van der Waals surface area contributed by atoms with Gasteiger partial charge in [-0.15, -0.1) is 0 Å². The van der Waals surface area contributed by atoms with Gasteiger partial charge < -0.3 is 4.74 Å². The number of benzene rings is 1. The second kappa shape index (κ2) is 14.4. The summed E-state index contributed by atoms with van der Waals surface area (Å²) in [6.45, 7) is 0.0654. The summed E-state index contributed by atoms with van der Waals surface area (Å²) < 4.78 is 231. The zero-order chi connectivity index (χ0) is 37.9. The Kier molecular flexibility index (Phi) is 12.3. The number of halogens is 17. The molecule has 1 aromatic heterocycles.